The zero-order valence-electron chi connectivity index (χ0n) is 17.1. The second-order valence-electron chi connectivity index (χ2n) is 9.34. The Morgan fingerprint density at radius 2 is 1.77 bits per heavy atom. The molecule has 1 aliphatic carbocycles. The fraction of sp³-hybridized carbons (Fsp3) is 0.952. The molecule has 1 amide bonds. The quantitative estimate of drug-likeness (QED) is 0.785. The summed E-state index contributed by atoms with van der Waals surface area (Å²) >= 11 is 0. The summed E-state index contributed by atoms with van der Waals surface area (Å²) in [7, 11) is 0. The van der Waals surface area contributed by atoms with Gasteiger partial charge in [-0.05, 0) is 38.0 Å². The van der Waals surface area contributed by atoms with Gasteiger partial charge in [-0.2, -0.15) is 0 Å². The Kier molecular flexibility index (Phi) is 6.98. The molecule has 0 bridgehead atoms. The average molecular weight is 366 g/mol. The van der Waals surface area contributed by atoms with Crippen LogP contribution in [0.15, 0.2) is 0 Å². The first-order valence-electron chi connectivity index (χ1n) is 10.8. The Hall–Kier alpha value is -0.650. The lowest BCUT2D eigenvalue weighted by Crippen LogP contribution is -2.55. The highest BCUT2D eigenvalue weighted by molar-refractivity contribution is 5.77. The topological polar surface area (TPSA) is 44.8 Å². The first-order valence-corrected chi connectivity index (χ1v) is 10.8. The van der Waals surface area contributed by atoms with Gasteiger partial charge in [-0.1, -0.05) is 26.7 Å². The van der Waals surface area contributed by atoms with Crippen LogP contribution in [0.5, 0.6) is 0 Å². The average Bonchev–Trinajstić information content (AvgIpc) is 3.04. The molecule has 150 valence electrons. The van der Waals surface area contributed by atoms with Crippen molar-refractivity contribution < 1.29 is 9.53 Å². The lowest BCUT2D eigenvalue weighted by Gasteiger charge is -2.43. The Balaban J connectivity index is 1.50. The molecule has 3 fully saturated rings. The molecule has 2 aliphatic heterocycles. The highest BCUT2D eigenvalue weighted by Gasteiger charge is 2.41. The summed E-state index contributed by atoms with van der Waals surface area (Å²) in [4.78, 5) is 17.9. The minimum absolute atomic E-state index is 0.0851. The summed E-state index contributed by atoms with van der Waals surface area (Å²) in [5.74, 6) is 1.78. The molecule has 1 saturated carbocycles. The Morgan fingerprint density at radius 1 is 1.15 bits per heavy atom. The molecule has 0 radical (unpaired) electrons. The predicted octanol–water partition coefficient (Wildman–Crippen LogP) is 2.50. The summed E-state index contributed by atoms with van der Waals surface area (Å²) < 4.78 is 5.53. The van der Waals surface area contributed by atoms with Gasteiger partial charge in [-0.3, -0.25) is 9.69 Å². The van der Waals surface area contributed by atoms with Crippen LogP contribution in [0.1, 0.15) is 59.3 Å². The molecule has 1 N–H and O–H groups in total. The molecule has 2 saturated heterocycles. The number of nitrogens with one attached hydrogen (secondary N) is 1. The molecule has 26 heavy (non-hydrogen) atoms. The second kappa shape index (κ2) is 9.03. The lowest BCUT2D eigenvalue weighted by atomic mass is 9.89. The molecule has 0 aromatic heterocycles. The third-order valence-electron chi connectivity index (χ3n) is 6.59. The van der Waals surface area contributed by atoms with Crippen molar-refractivity contribution in [3.05, 3.63) is 0 Å². The SMILES string of the molecule is CC1CC(C)CN(CC(C)NC(=O)CC2(N3CCOCC3)CCCC2)C1. The number of ether oxygens (including phenoxy) is 1. The minimum atomic E-state index is 0.0851. The molecule has 3 atom stereocenters. The molecule has 5 nitrogen and oxygen atoms in total. The van der Waals surface area contributed by atoms with Crippen LogP contribution in [0.2, 0.25) is 0 Å². The molecule has 2 heterocycles. The van der Waals surface area contributed by atoms with E-state index in [0.717, 1.165) is 57.5 Å². The molecule has 3 aliphatic rings. The van der Waals surface area contributed by atoms with Gasteiger partial charge in [0.1, 0.15) is 0 Å². The van der Waals surface area contributed by atoms with E-state index in [1.54, 1.807) is 0 Å². The third-order valence-corrected chi connectivity index (χ3v) is 6.59. The molecule has 0 aromatic rings. The monoisotopic (exact) mass is 365 g/mol. The number of amides is 1. The zero-order chi connectivity index (χ0) is 18.6. The van der Waals surface area contributed by atoms with Crippen molar-refractivity contribution >= 4 is 5.91 Å². The lowest BCUT2D eigenvalue weighted by molar-refractivity contribution is -0.126. The number of piperidine rings is 1. The van der Waals surface area contributed by atoms with Crippen LogP contribution in [0.25, 0.3) is 0 Å². The normalized spacial score (nSPS) is 31.7. The van der Waals surface area contributed by atoms with Crippen LogP contribution in [0.3, 0.4) is 0 Å². The summed E-state index contributed by atoms with van der Waals surface area (Å²) in [6.07, 6.45) is 6.82. The molecular formula is C21H39N3O2. The van der Waals surface area contributed by atoms with Crippen molar-refractivity contribution in [3.8, 4) is 0 Å². The van der Waals surface area contributed by atoms with Crippen LogP contribution >= 0.6 is 0 Å². The number of hydrogen-bond donors (Lipinski definition) is 1. The number of hydrogen-bond acceptors (Lipinski definition) is 4. The van der Waals surface area contributed by atoms with E-state index in [2.05, 4.69) is 35.9 Å². The van der Waals surface area contributed by atoms with E-state index in [-0.39, 0.29) is 17.5 Å². The fourth-order valence-electron chi connectivity index (χ4n) is 5.67. The summed E-state index contributed by atoms with van der Waals surface area (Å²) in [5.41, 5.74) is 0.0851. The van der Waals surface area contributed by atoms with Crippen molar-refractivity contribution in [2.45, 2.75) is 70.9 Å². The van der Waals surface area contributed by atoms with E-state index >= 15 is 0 Å². The minimum Gasteiger partial charge on any atom is -0.379 e. The van der Waals surface area contributed by atoms with Crippen molar-refractivity contribution in [2.75, 3.05) is 45.9 Å². The first-order chi connectivity index (χ1) is 12.5. The molecule has 0 aromatic carbocycles. The molecule has 3 unspecified atom stereocenters. The van der Waals surface area contributed by atoms with Crippen molar-refractivity contribution in [3.63, 3.8) is 0 Å². The Bertz CT molecular complexity index is 448. The summed E-state index contributed by atoms with van der Waals surface area (Å²) in [6, 6.07) is 0.225. The van der Waals surface area contributed by atoms with Gasteiger partial charge in [-0.15, -0.1) is 0 Å². The van der Waals surface area contributed by atoms with Gasteiger partial charge >= 0.3 is 0 Å². The third kappa shape index (κ3) is 5.20. The van der Waals surface area contributed by atoms with Gasteiger partial charge < -0.3 is 15.0 Å². The van der Waals surface area contributed by atoms with Crippen molar-refractivity contribution in [1.82, 2.24) is 15.1 Å². The van der Waals surface area contributed by atoms with Crippen molar-refractivity contribution in [2.24, 2.45) is 11.8 Å². The summed E-state index contributed by atoms with van der Waals surface area (Å²) in [6.45, 7) is 13.7. The first kappa shape index (κ1) is 20.1. The molecule has 5 heteroatoms. The smallest absolute Gasteiger partial charge is 0.222 e. The highest BCUT2D eigenvalue weighted by atomic mass is 16.5. The van der Waals surface area contributed by atoms with Crippen LogP contribution in [-0.4, -0.2) is 73.2 Å². The van der Waals surface area contributed by atoms with Gasteiger partial charge in [0.05, 0.1) is 13.2 Å². The number of morpholine rings is 1. The van der Waals surface area contributed by atoms with Gasteiger partial charge in [0.15, 0.2) is 0 Å². The van der Waals surface area contributed by atoms with Gasteiger partial charge in [0.25, 0.3) is 0 Å². The largest absolute Gasteiger partial charge is 0.379 e. The van der Waals surface area contributed by atoms with E-state index in [9.17, 15) is 4.79 Å². The maximum atomic E-state index is 12.8. The summed E-state index contributed by atoms with van der Waals surface area (Å²) in [5, 5.41) is 3.31. The predicted molar refractivity (Wildman–Crippen MR) is 105 cm³/mol. The Labute approximate surface area is 159 Å². The number of carbonyl (C=O) groups is 1. The number of carbonyl (C=O) groups excluding carboxylic acids is 1. The molecular weight excluding hydrogens is 326 g/mol. The number of likely N-dealkylation sites (tertiary alicyclic amines) is 1. The van der Waals surface area contributed by atoms with Gasteiger partial charge in [-0.25, -0.2) is 0 Å². The molecule has 0 spiro atoms. The van der Waals surface area contributed by atoms with Crippen LogP contribution in [0.4, 0.5) is 0 Å². The van der Waals surface area contributed by atoms with E-state index in [0.29, 0.717) is 6.42 Å². The Morgan fingerprint density at radius 3 is 2.38 bits per heavy atom. The van der Waals surface area contributed by atoms with E-state index in [4.69, 9.17) is 4.74 Å². The highest BCUT2D eigenvalue weighted by Crippen LogP contribution is 2.38. The standard InChI is InChI=1S/C21H39N3O2/c1-17-12-18(2)15-23(14-17)16-19(3)22-20(25)13-21(6-4-5-7-21)24-8-10-26-11-9-24/h17-19H,4-16H2,1-3H3,(H,22,25). The number of nitrogens with zero attached hydrogens (tertiary/aromatic N) is 2. The van der Waals surface area contributed by atoms with E-state index < -0.39 is 0 Å². The van der Waals surface area contributed by atoms with Gasteiger partial charge in [0.2, 0.25) is 5.91 Å². The van der Waals surface area contributed by atoms with Gasteiger partial charge in [0, 0.05) is 50.7 Å². The molecule has 3 rings (SSSR count). The fourth-order valence-corrected chi connectivity index (χ4v) is 5.67. The van der Waals surface area contributed by atoms with E-state index in [1.165, 1.54) is 32.4 Å². The van der Waals surface area contributed by atoms with Crippen molar-refractivity contribution in [1.29, 1.82) is 0 Å². The zero-order valence-corrected chi connectivity index (χ0v) is 17.1. The number of rotatable bonds is 6. The van der Waals surface area contributed by atoms with E-state index in [1.807, 2.05) is 0 Å². The second-order valence-corrected chi connectivity index (χ2v) is 9.34. The van der Waals surface area contributed by atoms with Crippen LogP contribution in [-0.2, 0) is 9.53 Å². The van der Waals surface area contributed by atoms with Crippen LogP contribution in [0, 0.1) is 11.8 Å². The maximum Gasteiger partial charge on any atom is 0.222 e. The maximum absolute atomic E-state index is 12.8. The van der Waals surface area contributed by atoms with Crippen LogP contribution < -0.4 is 5.32 Å².